The average Bonchev–Trinajstić information content (AvgIpc) is 2.77. The van der Waals surface area contributed by atoms with Crippen molar-refractivity contribution < 1.29 is 23.0 Å². The van der Waals surface area contributed by atoms with Crippen molar-refractivity contribution in [2.75, 3.05) is 25.7 Å². The summed E-state index contributed by atoms with van der Waals surface area (Å²) in [5.74, 6) is 1.61. The van der Waals surface area contributed by atoms with Crippen LogP contribution in [0.3, 0.4) is 0 Å². The Kier molecular flexibility index (Phi) is 4.55. The summed E-state index contributed by atoms with van der Waals surface area (Å²) in [5.41, 5.74) is 0.635. The van der Waals surface area contributed by atoms with E-state index in [9.17, 15) is 13.5 Å². The molecule has 1 N–H and O–H groups in total. The van der Waals surface area contributed by atoms with Crippen LogP contribution in [0.2, 0.25) is 0 Å². The van der Waals surface area contributed by atoms with E-state index in [4.69, 9.17) is 9.47 Å². The molecule has 6 heteroatoms. The van der Waals surface area contributed by atoms with E-state index in [1.807, 2.05) is 0 Å². The number of hydrogen-bond acceptors (Lipinski definition) is 5. The molecule has 0 radical (unpaired) electrons. The monoisotopic (exact) mass is 300 g/mol. The second-order valence-electron chi connectivity index (χ2n) is 5.13. The third kappa shape index (κ3) is 3.43. The molecule has 1 aliphatic heterocycles. The Morgan fingerprint density at radius 2 is 2.10 bits per heavy atom. The van der Waals surface area contributed by atoms with Gasteiger partial charge in [-0.25, -0.2) is 8.42 Å². The van der Waals surface area contributed by atoms with Crippen LogP contribution >= 0.6 is 0 Å². The van der Waals surface area contributed by atoms with Gasteiger partial charge in [-0.1, -0.05) is 0 Å². The highest BCUT2D eigenvalue weighted by molar-refractivity contribution is 7.91. The van der Waals surface area contributed by atoms with E-state index in [1.54, 1.807) is 25.3 Å². The van der Waals surface area contributed by atoms with E-state index in [0.717, 1.165) is 0 Å². The maximum absolute atomic E-state index is 11.5. The number of ether oxygens (including phenoxy) is 2. The lowest BCUT2D eigenvalue weighted by molar-refractivity contribution is 0.145. The van der Waals surface area contributed by atoms with Crippen molar-refractivity contribution in [3.05, 3.63) is 23.8 Å². The van der Waals surface area contributed by atoms with Crippen molar-refractivity contribution in [3.63, 3.8) is 0 Å². The highest BCUT2D eigenvalue weighted by atomic mass is 32.2. The molecule has 1 saturated heterocycles. The number of rotatable bonds is 5. The molecule has 0 spiro atoms. The molecule has 0 saturated carbocycles. The van der Waals surface area contributed by atoms with Gasteiger partial charge in [0.25, 0.3) is 0 Å². The van der Waals surface area contributed by atoms with E-state index in [2.05, 4.69) is 0 Å². The van der Waals surface area contributed by atoms with Gasteiger partial charge in [0.15, 0.2) is 9.84 Å². The molecular weight excluding hydrogens is 280 g/mol. The molecule has 1 aromatic carbocycles. The van der Waals surface area contributed by atoms with Gasteiger partial charge in [0.2, 0.25) is 0 Å². The van der Waals surface area contributed by atoms with Gasteiger partial charge in [0.1, 0.15) is 11.5 Å². The lowest BCUT2D eigenvalue weighted by Gasteiger charge is -2.18. The predicted molar refractivity (Wildman–Crippen MR) is 75.9 cm³/mol. The standard InChI is InChI=1S/C14H20O5S/c1-18-11-3-4-14(19-2)12(8-11)13(15)7-10-5-6-20(16,17)9-10/h3-4,8,10,13,15H,5-7,9H2,1-2H3. The van der Waals surface area contributed by atoms with E-state index in [1.165, 1.54) is 7.11 Å². The summed E-state index contributed by atoms with van der Waals surface area (Å²) in [6.45, 7) is 0. The third-order valence-electron chi connectivity index (χ3n) is 3.68. The Morgan fingerprint density at radius 1 is 1.35 bits per heavy atom. The Hall–Kier alpha value is -1.27. The summed E-state index contributed by atoms with van der Waals surface area (Å²) in [5, 5.41) is 10.4. The summed E-state index contributed by atoms with van der Waals surface area (Å²) in [4.78, 5) is 0. The zero-order chi connectivity index (χ0) is 14.8. The highest BCUT2D eigenvalue weighted by Crippen LogP contribution is 2.35. The molecule has 112 valence electrons. The first-order valence-corrected chi connectivity index (χ1v) is 8.37. The minimum Gasteiger partial charge on any atom is -0.497 e. The van der Waals surface area contributed by atoms with Crippen molar-refractivity contribution in [1.82, 2.24) is 0 Å². The topological polar surface area (TPSA) is 72.8 Å². The van der Waals surface area contributed by atoms with Gasteiger partial charge in [0, 0.05) is 5.56 Å². The average molecular weight is 300 g/mol. The first-order chi connectivity index (χ1) is 9.45. The molecule has 1 aliphatic rings. The lowest BCUT2D eigenvalue weighted by atomic mass is 9.96. The van der Waals surface area contributed by atoms with Gasteiger partial charge >= 0.3 is 0 Å². The second kappa shape index (κ2) is 6.01. The van der Waals surface area contributed by atoms with E-state index >= 15 is 0 Å². The van der Waals surface area contributed by atoms with Crippen LogP contribution in [0, 0.1) is 5.92 Å². The van der Waals surface area contributed by atoms with Gasteiger partial charge < -0.3 is 14.6 Å². The molecule has 5 nitrogen and oxygen atoms in total. The highest BCUT2D eigenvalue weighted by Gasteiger charge is 2.30. The van der Waals surface area contributed by atoms with Gasteiger partial charge in [-0.3, -0.25) is 0 Å². The fraction of sp³-hybridized carbons (Fsp3) is 0.571. The van der Waals surface area contributed by atoms with Crippen LogP contribution in [0.5, 0.6) is 11.5 Å². The number of benzene rings is 1. The first kappa shape index (κ1) is 15.1. The Morgan fingerprint density at radius 3 is 2.65 bits per heavy atom. The largest absolute Gasteiger partial charge is 0.497 e. The van der Waals surface area contributed by atoms with Gasteiger partial charge in [-0.2, -0.15) is 0 Å². The Balaban J connectivity index is 2.14. The molecule has 2 unspecified atom stereocenters. The smallest absolute Gasteiger partial charge is 0.150 e. The molecule has 0 aromatic heterocycles. The maximum atomic E-state index is 11.5. The minimum atomic E-state index is -2.92. The second-order valence-corrected chi connectivity index (χ2v) is 7.36. The Labute approximate surface area is 119 Å². The normalized spacial score (nSPS) is 22.4. The molecule has 0 aliphatic carbocycles. The quantitative estimate of drug-likeness (QED) is 0.893. The molecule has 0 bridgehead atoms. The van der Waals surface area contributed by atoms with Crippen LogP contribution in [0.15, 0.2) is 18.2 Å². The lowest BCUT2D eigenvalue weighted by Crippen LogP contribution is -2.10. The summed E-state index contributed by atoms with van der Waals surface area (Å²) in [7, 11) is 0.178. The molecule has 20 heavy (non-hydrogen) atoms. The number of aliphatic hydroxyl groups is 1. The van der Waals surface area contributed by atoms with Crippen LogP contribution < -0.4 is 9.47 Å². The molecule has 2 atom stereocenters. The van der Waals surface area contributed by atoms with Crippen molar-refractivity contribution in [2.24, 2.45) is 5.92 Å². The number of hydrogen-bond donors (Lipinski definition) is 1. The molecule has 1 fully saturated rings. The van der Waals surface area contributed by atoms with Gasteiger partial charge in [-0.15, -0.1) is 0 Å². The Bertz CT molecular complexity index is 567. The SMILES string of the molecule is COc1ccc(OC)c(C(O)CC2CCS(=O)(=O)C2)c1. The zero-order valence-corrected chi connectivity index (χ0v) is 12.5. The number of methoxy groups -OCH3 is 2. The van der Waals surface area contributed by atoms with Gasteiger partial charge in [-0.05, 0) is 37.0 Å². The van der Waals surface area contributed by atoms with Crippen LogP contribution in [0.4, 0.5) is 0 Å². The van der Waals surface area contributed by atoms with Crippen molar-refractivity contribution >= 4 is 9.84 Å². The maximum Gasteiger partial charge on any atom is 0.150 e. The molecular formula is C14H20O5S. The van der Waals surface area contributed by atoms with E-state index in [-0.39, 0.29) is 17.4 Å². The minimum absolute atomic E-state index is 0.00547. The fourth-order valence-electron chi connectivity index (χ4n) is 2.60. The zero-order valence-electron chi connectivity index (χ0n) is 11.7. The van der Waals surface area contributed by atoms with Crippen LogP contribution in [-0.2, 0) is 9.84 Å². The number of sulfone groups is 1. The molecule has 0 amide bonds. The third-order valence-corrected chi connectivity index (χ3v) is 5.52. The summed E-state index contributed by atoms with van der Waals surface area (Å²) < 4.78 is 33.3. The van der Waals surface area contributed by atoms with Crippen LogP contribution in [0.1, 0.15) is 24.5 Å². The number of aliphatic hydroxyl groups excluding tert-OH is 1. The summed E-state index contributed by atoms with van der Waals surface area (Å²) in [6, 6.07) is 5.23. The predicted octanol–water partition coefficient (Wildman–Crippen LogP) is 1.56. The van der Waals surface area contributed by atoms with Crippen LogP contribution in [0.25, 0.3) is 0 Å². The van der Waals surface area contributed by atoms with Gasteiger partial charge in [0.05, 0.1) is 31.8 Å². The van der Waals surface area contributed by atoms with E-state index < -0.39 is 15.9 Å². The van der Waals surface area contributed by atoms with Crippen molar-refractivity contribution in [2.45, 2.75) is 18.9 Å². The summed E-state index contributed by atoms with van der Waals surface area (Å²) in [6.07, 6.45) is 0.285. The van der Waals surface area contributed by atoms with Crippen LogP contribution in [-0.4, -0.2) is 39.2 Å². The fourth-order valence-corrected chi connectivity index (χ4v) is 4.48. The molecule has 1 aromatic rings. The molecule has 1 heterocycles. The van der Waals surface area contributed by atoms with E-state index in [0.29, 0.717) is 29.9 Å². The van der Waals surface area contributed by atoms with Crippen molar-refractivity contribution in [3.8, 4) is 11.5 Å². The van der Waals surface area contributed by atoms with Crippen molar-refractivity contribution in [1.29, 1.82) is 0 Å². The summed E-state index contributed by atoms with van der Waals surface area (Å²) >= 11 is 0. The first-order valence-electron chi connectivity index (χ1n) is 6.55. The molecule has 2 rings (SSSR count).